The largest absolute Gasteiger partial charge is 0.305 e. The molecule has 0 aliphatic heterocycles. The molecule has 19 heavy (non-hydrogen) atoms. The first-order chi connectivity index (χ1) is 9.28. The molecule has 5 heteroatoms. The molecule has 1 aliphatic carbocycles. The van der Waals surface area contributed by atoms with E-state index in [0.29, 0.717) is 6.04 Å². The Labute approximate surface area is 126 Å². The molecule has 0 radical (unpaired) electrons. The third kappa shape index (κ3) is 2.78. The molecule has 2 aromatic heterocycles. The second-order valence-electron chi connectivity index (χ2n) is 4.92. The van der Waals surface area contributed by atoms with E-state index in [2.05, 4.69) is 55.6 Å². The van der Waals surface area contributed by atoms with Crippen molar-refractivity contribution in [2.75, 3.05) is 0 Å². The summed E-state index contributed by atoms with van der Waals surface area (Å²) in [6, 6.07) is 2.65. The summed E-state index contributed by atoms with van der Waals surface area (Å²) in [6.45, 7) is 4.07. The number of halogens is 1. The quantitative estimate of drug-likeness (QED) is 0.915. The maximum Gasteiger partial charge on any atom is 0.0540 e. The fourth-order valence-electron chi connectivity index (χ4n) is 2.77. The zero-order valence-corrected chi connectivity index (χ0v) is 13.4. The fourth-order valence-corrected chi connectivity index (χ4v) is 4.18. The van der Waals surface area contributed by atoms with Crippen molar-refractivity contribution in [3.8, 4) is 0 Å². The lowest BCUT2D eigenvalue weighted by Gasteiger charge is -2.24. The number of aromatic nitrogens is 2. The van der Waals surface area contributed by atoms with Crippen LogP contribution in [0.5, 0.6) is 0 Å². The van der Waals surface area contributed by atoms with E-state index in [1.807, 2.05) is 0 Å². The van der Waals surface area contributed by atoms with E-state index >= 15 is 0 Å². The first-order valence-electron chi connectivity index (χ1n) is 6.78. The van der Waals surface area contributed by atoms with Crippen LogP contribution in [0.2, 0.25) is 0 Å². The molecule has 2 aromatic rings. The summed E-state index contributed by atoms with van der Waals surface area (Å²) in [5, 5.41) is 10.3. The zero-order chi connectivity index (χ0) is 13.2. The lowest BCUT2D eigenvalue weighted by Crippen LogP contribution is -2.24. The van der Waals surface area contributed by atoms with Gasteiger partial charge in [0.15, 0.2) is 0 Å². The number of hydrogen-bond donors (Lipinski definition) is 1. The van der Waals surface area contributed by atoms with Crippen LogP contribution in [0, 0.1) is 0 Å². The Kier molecular flexibility index (Phi) is 4.05. The molecule has 0 spiro atoms. The Morgan fingerprint density at radius 2 is 2.47 bits per heavy atom. The predicted octanol–water partition coefficient (Wildman–Crippen LogP) is 3.89. The maximum absolute atomic E-state index is 4.50. The van der Waals surface area contributed by atoms with Gasteiger partial charge in [-0.3, -0.25) is 4.68 Å². The highest BCUT2D eigenvalue weighted by atomic mass is 79.9. The van der Waals surface area contributed by atoms with Crippen molar-refractivity contribution in [2.24, 2.45) is 0 Å². The van der Waals surface area contributed by atoms with E-state index in [0.717, 1.165) is 13.1 Å². The van der Waals surface area contributed by atoms with Crippen LogP contribution < -0.4 is 5.32 Å². The molecule has 0 amide bonds. The summed E-state index contributed by atoms with van der Waals surface area (Å²) in [5.74, 6) is 0. The van der Waals surface area contributed by atoms with Gasteiger partial charge in [-0.25, -0.2) is 0 Å². The SMILES string of the molecule is CCn1ncc2c1CCC[C@@H]2NCc1cc(Br)cs1. The first-order valence-corrected chi connectivity index (χ1v) is 8.46. The third-order valence-electron chi connectivity index (χ3n) is 3.71. The first kappa shape index (κ1) is 13.3. The van der Waals surface area contributed by atoms with Gasteiger partial charge in [0, 0.05) is 45.1 Å². The topological polar surface area (TPSA) is 29.9 Å². The fraction of sp³-hybridized carbons (Fsp3) is 0.500. The normalized spacial score (nSPS) is 18.5. The van der Waals surface area contributed by atoms with Crippen molar-refractivity contribution in [1.82, 2.24) is 15.1 Å². The lowest BCUT2D eigenvalue weighted by atomic mass is 9.93. The highest BCUT2D eigenvalue weighted by Crippen LogP contribution is 2.30. The van der Waals surface area contributed by atoms with Gasteiger partial charge in [-0.05, 0) is 48.2 Å². The standard InChI is InChI=1S/C14H18BrN3S/c1-2-18-14-5-3-4-13(12(14)8-17-18)16-7-11-6-10(15)9-19-11/h6,8-9,13,16H,2-5,7H2,1H3/t13-/m0/s1. The predicted molar refractivity (Wildman–Crippen MR) is 82.4 cm³/mol. The maximum atomic E-state index is 4.50. The van der Waals surface area contributed by atoms with E-state index in [1.54, 1.807) is 11.3 Å². The highest BCUT2D eigenvalue weighted by Gasteiger charge is 2.23. The molecule has 0 unspecified atom stereocenters. The van der Waals surface area contributed by atoms with Crippen molar-refractivity contribution in [3.05, 3.63) is 38.3 Å². The molecule has 2 heterocycles. The minimum Gasteiger partial charge on any atom is -0.305 e. The minimum atomic E-state index is 0.463. The molecule has 0 aromatic carbocycles. The van der Waals surface area contributed by atoms with E-state index in [-0.39, 0.29) is 0 Å². The Morgan fingerprint density at radius 3 is 3.21 bits per heavy atom. The molecule has 0 saturated heterocycles. The molecule has 3 nitrogen and oxygen atoms in total. The summed E-state index contributed by atoms with van der Waals surface area (Å²) < 4.78 is 3.32. The van der Waals surface area contributed by atoms with Crippen molar-refractivity contribution in [3.63, 3.8) is 0 Å². The van der Waals surface area contributed by atoms with Gasteiger partial charge in [0.25, 0.3) is 0 Å². The van der Waals surface area contributed by atoms with Gasteiger partial charge in [0.2, 0.25) is 0 Å². The van der Waals surface area contributed by atoms with Crippen molar-refractivity contribution in [1.29, 1.82) is 0 Å². The molecule has 0 saturated carbocycles. The molecule has 0 fully saturated rings. The second kappa shape index (κ2) is 5.77. The molecular formula is C14H18BrN3S. The van der Waals surface area contributed by atoms with Crippen LogP contribution in [0.3, 0.4) is 0 Å². The Bertz CT molecular complexity index is 561. The van der Waals surface area contributed by atoms with Crippen LogP contribution >= 0.6 is 27.3 Å². The average Bonchev–Trinajstić information content (AvgIpc) is 3.02. The van der Waals surface area contributed by atoms with Crippen molar-refractivity contribution in [2.45, 2.75) is 45.3 Å². The minimum absolute atomic E-state index is 0.463. The molecule has 1 aliphatic rings. The lowest BCUT2D eigenvalue weighted by molar-refractivity contribution is 0.449. The van der Waals surface area contributed by atoms with Crippen molar-refractivity contribution < 1.29 is 0 Å². The van der Waals surface area contributed by atoms with Crippen LogP contribution in [0.4, 0.5) is 0 Å². The van der Waals surface area contributed by atoms with Gasteiger partial charge < -0.3 is 5.32 Å². The van der Waals surface area contributed by atoms with Gasteiger partial charge in [0.05, 0.1) is 6.20 Å². The van der Waals surface area contributed by atoms with Gasteiger partial charge in [-0.15, -0.1) is 11.3 Å². The summed E-state index contributed by atoms with van der Waals surface area (Å²) >= 11 is 5.30. The number of fused-ring (bicyclic) bond motifs is 1. The molecule has 1 N–H and O–H groups in total. The zero-order valence-electron chi connectivity index (χ0n) is 11.0. The smallest absolute Gasteiger partial charge is 0.0540 e. The monoisotopic (exact) mass is 339 g/mol. The number of rotatable bonds is 4. The van der Waals surface area contributed by atoms with Gasteiger partial charge in [-0.2, -0.15) is 5.10 Å². The molecule has 3 rings (SSSR count). The van der Waals surface area contributed by atoms with E-state index < -0.39 is 0 Å². The number of hydrogen-bond acceptors (Lipinski definition) is 3. The Hall–Kier alpha value is -0.650. The third-order valence-corrected chi connectivity index (χ3v) is 5.40. The van der Waals surface area contributed by atoms with E-state index in [4.69, 9.17) is 0 Å². The van der Waals surface area contributed by atoms with Crippen LogP contribution in [-0.2, 0) is 19.5 Å². The highest BCUT2D eigenvalue weighted by molar-refractivity contribution is 9.10. The van der Waals surface area contributed by atoms with E-state index in [1.165, 1.54) is 39.9 Å². The van der Waals surface area contributed by atoms with Crippen LogP contribution in [0.25, 0.3) is 0 Å². The number of nitrogens with zero attached hydrogens (tertiary/aromatic N) is 2. The van der Waals surface area contributed by atoms with E-state index in [9.17, 15) is 0 Å². The van der Waals surface area contributed by atoms with Gasteiger partial charge >= 0.3 is 0 Å². The molecule has 0 bridgehead atoms. The van der Waals surface area contributed by atoms with Gasteiger partial charge in [-0.1, -0.05) is 0 Å². The van der Waals surface area contributed by atoms with Crippen LogP contribution in [0.15, 0.2) is 22.1 Å². The number of aryl methyl sites for hydroxylation is 1. The van der Waals surface area contributed by atoms with Crippen LogP contribution in [-0.4, -0.2) is 9.78 Å². The summed E-state index contributed by atoms with van der Waals surface area (Å²) in [6.07, 6.45) is 5.70. The molecule has 102 valence electrons. The molecule has 1 atom stereocenters. The second-order valence-corrected chi connectivity index (χ2v) is 6.83. The Morgan fingerprint density at radius 1 is 1.58 bits per heavy atom. The summed E-state index contributed by atoms with van der Waals surface area (Å²) in [7, 11) is 0. The van der Waals surface area contributed by atoms with Gasteiger partial charge in [0.1, 0.15) is 0 Å². The molecular weight excluding hydrogens is 322 g/mol. The van der Waals surface area contributed by atoms with Crippen molar-refractivity contribution >= 4 is 27.3 Å². The average molecular weight is 340 g/mol. The Balaban J connectivity index is 1.71. The number of nitrogens with one attached hydrogen (secondary N) is 1. The number of thiophene rings is 1. The summed E-state index contributed by atoms with van der Waals surface area (Å²) in [5.41, 5.74) is 2.84. The summed E-state index contributed by atoms with van der Waals surface area (Å²) in [4.78, 5) is 1.38. The van der Waals surface area contributed by atoms with Crippen LogP contribution in [0.1, 0.15) is 41.9 Å².